The lowest BCUT2D eigenvalue weighted by Crippen LogP contribution is -2.26. The molecule has 3 rings (SSSR count). The van der Waals surface area contributed by atoms with E-state index in [2.05, 4.69) is 20.5 Å². The third kappa shape index (κ3) is 3.27. The molecule has 6 heteroatoms. The fourth-order valence-electron chi connectivity index (χ4n) is 2.53. The third-order valence-electron chi connectivity index (χ3n) is 3.80. The molecule has 0 spiro atoms. The molecular weight excluding hydrogens is 302 g/mol. The number of hydrogen-bond acceptors (Lipinski definition) is 4. The van der Waals surface area contributed by atoms with Crippen LogP contribution >= 0.6 is 0 Å². The summed E-state index contributed by atoms with van der Waals surface area (Å²) >= 11 is 0. The molecular formula is C18H19N5O. The predicted octanol–water partition coefficient (Wildman–Crippen LogP) is 2.79. The minimum atomic E-state index is -0.0610. The zero-order valence-electron chi connectivity index (χ0n) is 13.7. The molecule has 122 valence electrons. The highest BCUT2D eigenvalue weighted by Crippen LogP contribution is 2.22. The lowest BCUT2D eigenvalue weighted by Gasteiger charge is -2.17. The molecule has 0 saturated carbocycles. The van der Waals surface area contributed by atoms with Gasteiger partial charge in [-0.2, -0.15) is 5.10 Å². The molecule has 0 fully saturated rings. The summed E-state index contributed by atoms with van der Waals surface area (Å²) in [5, 5.41) is 10.1. The van der Waals surface area contributed by atoms with E-state index in [0.717, 1.165) is 16.8 Å². The van der Waals surface area contributed by atoms with Gasteiger partial charge >= 0.3 is 0 Å². The van der Waals surface area contributed by atoms with E-state index in [1.807, 2.05) is 30.3 Å². The van der Waals surface area contributed by atoms with Crippen molar-refractivity contribution in [1.29, 1.82) is 0 Å². The Morgan fingerprint density at radius 2 is 2.04 bits per heavy atom. The van der Waals surface area contributed by atoms with Crippen molar-refractivity contribution < 1.29 is 4.79 Å². The van der Waals surface area contributed by atoms with Gasteiger partial charge in [0.2, 0.25) is 0 Å². The smallest absolute Gasteiger partial charge is 0.254 e. The third-order valence-corrected chi connectivity index (χ3v) is 3.80. The van der Waals surface area contributed by atoms with Gasteiger partial charge in [-0.1, -0.05) is 30.3 Å². The van der Waals surface area contributed by atoms with Crippen LogP contribution in [0.3, 0.4) is 0 Å². The molecule has 0 atom stereocenters. The van der Waals surface area contributed by atoms with Crippen LogP contribution in [0.2, 0.25) is 0 Å². The summed E-state index contributed by atoms with van der Waals surface area (Å²) in [6.07, 6.45) is 3.39. The number of carbonyl (C=O) groups is 1. The van der Waals surface area contributed by atoms with Crippen LogP contribution < -0.4 is 5.32 Å². The van der Waals surface area contributed by atoms with Gasteiger partial charge in [-0.15, -0.1) is 0 Å². The number of carbonyl (C=O) groups excluding carboxylic acids is 1. The van der Waals surface area contributed by atoms with Crippen LogP contribution in [0, 0.1) is 0 Å². The van der Waals surface area contributed by atoms with Gasteiger partial charge in [0.05, 0.1) is 11.9 Å². The standard InChI is InChI=1S/C18H19N5O/c1-19-16-10-14(8-9-20-16)18(24)23(2)12-15-11-21-22-17(15)13-6-4-3-5-7-13/h3-11H,12H2,1-2H3,(H,19,20)(H,21,22). The molecule has 2 aromatic heterocycles. The van der Waals surface area contributed by atoms with E-state index in [1.165, 1.54) is 0 Å². The highest BCUT2D eigenvalue weighted by Gasteiger charge is 2.16. The molecule has 2 N–H and O–H groups in total. The maximum Gasteiger partial charge on any atom is 0.254 e. The lowest BCUT2D eigenvalue weighted by molar-refractivity contribution is 0.0785. The minimum Gasteiger partial charge on any atom is -0.373 e. The largest absolute Gasteiger partial charge is 0.373 e. The van der Waals surface area contributed by atoms with Crippen molar-refractivity contribution in [2.24, 2.45) is 0 Å². The Morgan fingerprint density at radius 1 is 1.25 bits per heavy atom. The van der Waals surface area contributed by atoms with Crippen molar-refractivity contribution in [3.63, 3.8) is 0 Å². The second kappa shape index (κ2) is 6.95. The van der Waals surface area contributed by atoms with Gasteiger partial charge < -0.3 is 10.2 Å². The first kappa shape index (κ1) is 15.7. The Bertz CT molecular complexity index is 828. The molecule has 0 aliphatic heterocycles. The van der Waals surface area contributed by atoms with E-state index >= 15 is 0 Å². The number of nitrogens with zero attached hydrogens (tertiary/aromatic N) is 3. The SMILES string of the molecule is CNc1cc(C(=O)N(C)Cc2cn[nH]c2-c2ccccc2)ccn1. The van der Waals surface area contributed by atoms with Gasteiger partial charge in [0.1, 0.15) is 5.82 Å². The van der Waals surface area contributed by atoms with Crippen molar-refractivity contribution >= 4 is 11.7 Å². The number of pyridine rings is 1. The second-order valence-corrected chi connectivity index (χ2v) is 5.48. The Morgan fingerprint density at radius 3 is 2.79 bits per heavy atom. The summed E-state index contributed by atoms with van der Waals surface area (Å²) in [5.41, 5.74) is 3.55. The topological polar surface area (TPSA) is 73.9 Å². The number of rotatable bonds is 5. The lowest BCUT2D eigenvalue weighted by atomic mass is 10.1. The molecule has 0 bridgehead atoms. The molecule has 1 amide bonds. The number of amides is 1. The molecule has 3 aromatic rings. The van der Waals surface area contributed by atoms with Crippen LogP contribution in [0.25, 0.3) is 11.3 Å². The molecule has 0 aliphatic carbocycles. The Labute approximate surface area is 140 Å². The van der Waals surface area contributed by atoms with Crippen molar-refractivity contribution in [1.82, 2.24) is 20.1 Å². The van der Waals surface area contributed by atoms with E-state index in [9.17, 15) is 4.79 Å². The summed E-state index contributed by atoms with van der Waals surface area (Å²) in [5.74, 6) is 0.608. The second-order valence-electron chi connectivity index (χ2n) is 5.48. The maximum absolute atomic E-state index is 12.6. The van der Waals surface area contributed by atoms with Crippen molar-refractivity contribution in [3.8, 4) is 11.3 Å². The van der Waals surface area contributed by atoms with E-state index < -0.39 is 0 Å². The molecule has 1 aromatic carbocycles. The van der Waals surface area contributed by atoms with Crippen LogP contribution in [0.1, 0.15) is 15.9 Å². The van der Waals surface area contributed by atoms with E-state index in [0.29, 0.717) is 17.9 Å². The molecule has 0 radical (unpaired) electrons. The first-order valence-corrected chi connectivity index (χ1v) is 7.66. The first-order valence-electron chi connectivity index (χ1n) is 7.66. The van der Waals surface area contributed by atoms with Crippen LogP contribution in [-0.4, -0.2) is 40.1 Å². The van der Waals surface area contributed by atoms with Gasteiger partial charge in [-0.05, 0) is 17.7 Å². The Balaban J connectivity index is 1.79. The van der Waals surface area contributed by atoms with Gasteiger partial charge in [0.25, 0.3) is 5.91 Å². The molecule has 0 saturated heterocycles. The van der Waals surface area contributed by atoms with Crippen molar-refractivity contribution in [2.45, 2.75) is 6.54 Å². The Hall–Kier alpha value is -3.15. The van der Waals surface area contributed by atoms with Gasteiger partial charge in [-0.25, -0.2) is 4.98 Å². The normalized spacial score (nSPS) is 10.4. The average molecular weight is 321 g/mol. The molecule has 0 aliphatic rings. The van der Waals surface area contributed by atoms with E-state index in [-0.39, 0.29) is 5.91 Å². The zero-order valence-corrected chi connectivity index (χ0v) is 13.7. The predicted molar refractivity (Wildman–Crippen MR) is 93.6 cm³/mol. The fourth-order valence-corrected chi connectivity index (χ4v) is 2.53. The average Bonchev–Trinajstić information content (AvgIpc) is 3.10. The van der Waals surface area contributed by atoms with Gasteiger partial charge in [0, 0.05) is 38.0 Å². The quantitative estimate of drug-likeness (QED) is 0.758. The van der Waals surface area contributed by atoms with Gasteiger partial charge in [0.15, 0.2) is 0 Å². The van der Waals surface area contributed by atoms with Crippen molar-refractivity contribution in [2.75, 3.05) is 19.4 Å². The first-order chi connectivity index (χ1) is 11.7. The number of H-pyrrole nitrogens is 1. The number of anilines is 1. The summed E-state index contributed by atoms with van der Waals surface area (Å²) in [6.45, 7) is 0.469. The van der Waals surface area contributed by atoms with Crippen LogP contribution in [0.5, 0.6) is 0 Å². The highest BCUT2D eigenvalue weighted by molar-refractivity contribution is 5.94. The molecule has 24 heavy (non-hydrogen) atoms. The van der Waals surface area contributed by atoms with E-state index in [1.54, 1.807) is 43.5 Å². The summed E-state index contributed by atoms with van der Waals surface area (Å²) in [4.78, 5) is 18.4. The van der Waals surface area contributed by atoms with Crippen LogP contribution in [0.15, 0.2) is 54.9 Å². The summed E-state index contributed by atoms with van der Waals surface area (Å²) in [6, 6.07) is 13.4. The number of aromatic nitrogens is 3. The van der Waals surface area contributed by atoms with E-state index in [4.69, 9.17) is 0 Å². The monoisotopic (exact) mass is 321 g/mol. The number of nitrogens with one attached hydrogen (secondary N) is 2. The summed E-state index contributed by atoms with van der Waals surface area (Å²) < 4.78 is 0. The Kier molecular flexibility index (Phi) is 4.56. The zero-order chi connectivity index (χ0) is 16.9. The molecule has 6 nitrogen and oxygen atoms in total. The molecule has 2 heterocycles. The number of aromatic amines is 1. The molecule has 0 unspecified atom stereocenters. The minimum absolute atomic E-state index is 0.0610. The van der Waals surface area contributed by atoms with Crippen molar-refractivity contribution in [3.05, 3.63) is 66.0 Å². The summed E-state index contributed by atoms with van der Waals surface area (Å²) in [7, 11) is 3.56. The fraction of sp³-hybridized carbons (Fsp3) is 0.167. The number of hydrogen-bond donors (Lipinski definition) is 2. The number of benzene rings is 1. The highest BCUT2D eigenvalue weighted by atomic mass is 16.2. The van der Waals surface area contributed by atoms with Crippen LogP contribution in [-0.2, 0) is 6.54 Å². The van der Waals surface area contributed by atoms with Gasteiger partial charge in [-0.3, -0.25) is 9.89 Å². The maximum atomic E-state index is 12.6. The van der Waals surface area contributed by atoms with Crippen LogP contribution in [0.4, 0.5) is 5.82 Å².